The van der Waals surface area contributed by atoms with Gasteiger partial charge >= 0.3 is 0 Å². The Labute approximate surface area is 207 Å². The van der Waals surface area contributed by atoms with E-state index in [0.29, 0.717) is 34.4 Å². The minimum absolute atomic E-state index is 0.00552. The number of hydrogen-bond donors (Lipinski definition) is 2. The van der Waals surface area contributed by atoms with Crippen LogP contribution in [0.1, 0.15) is 60.9 Å². The third kappa shape index (κ3) is 5.15. The number of aromatic hydroxyl groups is 1. The third-order valence-corrected chi connectivity index (χ3v) is 5.63. The van der Waals surface area contributed by atoms with Gasteiger partial charge in [0.15, 0.2) is 17.4 Å². The molecular weight excluding hydrogens is 466 g/mol. The van der Waals surface area contributed by atoms with Gasteiger partial charge in [0.25, 0.3) is 11.8 Å². The van der Waals surface area contributed by atoms with Gasteiger partial charge in [-0.1, -0.05) is 26.0 Å². The van der Waals surface area contributed by atoms with Gasteiger partial charge in [-0.15, -0.1) is 0 Å². The summed E-state index contributed by atoms with van der Waals surface area (Å²) in [5, 5.41) is 13.9. The molecule has 3 heterocycles. The molecule has 0 spiro atoms. The fourth-order valence-electron chi connectivity index (χ4n) is 4.14. The van der Waals surface area contributed by atoms with Crippen molar-refractivity contribution in [1.82, 2.24) is 19.9 Å². The zero-order chi connectivity index (χ0) is 26.0. The van der Waals surface area contributed by atoms with Crippen molar-refractivity contribution in [2.45, 2.75) is 52.8 Å². The van der Waals surface area contributed by atoms with Crippen LogP contribution in [0.2, 0.25) is 0 Å². The Morgan fingerprint density at radius 2 is 1.89 bits per heavy atom. The van der Waals surface area contributed by atoms with Gasteiger partial charge in [0.05, 0.1) is 23.9 Å². The highest BCUT2D eigenvalue weighted by Gasteiger charge is 2.27. The van der Waals surface area contributed by atoms with Gasteiger partial charge < -0.3 is 19.7 Å². The van der Waals surface area contributed by atoms with Crippen LogP contribution in [0.15, 0.2) is 48.7 Å². The van der Waals surface area contributed by atoms with Crippen LogP contribution in [0.25, 0.3) is 11.0 Å². The number of amides is 1. The lowest BCUT2D eigenvalue weighted by Gasteiger charge is -2.15. The smallest absolute Gasteiger partial charge is 0.259 e. The van der Waals surface area contributed by atoms with Crippen molar-refractivity contribution in [3.63, 3.8) is 0 Å². The lowest BCUT2D eigenvalue weighted by molar-refractivity contribution is 0.0951. The molecule has 0 radical (unpaired) electrons. The van der Waals surface area contributed by atoms with Crippen LogP contribution in [0, 0.1) is 11.6 Å². The Bertz CT molecular complexity index is 1400. The van der Waals surface area contributed by atoms with Crippen LogP contribution in [0.5, 0.6) is 11.6 Å². The van der Waals surface area contributed by atoms with Crippen molar-refractivity contribution in [2.24, 2.45) is 0 Å². The van der Waals surface area contributed by atoms with E-state index in [2.05, 4.69) is 15.3 Å². The van der Waals surface area contributed by atoms with Crippen molar-refractivity contribution < 1.29 is 23.4 Å². The van der Waals surface area contributed by atoms with Crippen molar-refractivity contribution >= 4 is 16.9 Å². The summed E-state index contributed by atoms with van der Waals surface area (Å²) in [6.07, 6.45) is 1.47. The van der Waals surface area contributed by atoms with Gasteiger partial charge in [0.2, 0.25) is 0 Å². The first-order valence-corrected chi connectivity index (χ1v) is 11.7. The Balaban J connectivity index is 1.83. The van der Waals surface area contributed by atoms with E-state index in [-0.39, 0.29) is 30.2 Å². The van der Waals surface area contributed by atoms with Gasteiger partial charge in [0, 0.05) is 23.8 Å². The Hall–Kier alpha value is -4.01. The number of benzene rings is 1. The summed E-state index contributed by atoms with van der Waals surface area (Å²) < 4.78 is 34.5. The maximum Gasteiger partial charge on any atom is 0.259 e. The highest BCUT2D eigenvalue weighted by molar-refractivity contribution is 6.08. The number of ether oxygens (including phenoxy) is 1. The molecule has 7 nitrogen and oxygen atoms in total. The molecule has 4 aromatic rings. The monoisotopic (exact) mass is 494 g/mol. The number of carbonyl (C=O) groups excluding carboxylic acids is 1. The number of aromatic nitrogens is 3. The summed E-state index contributed by atoms with van der Waals surface area (Å²) in [5.74, 6) is -2.57. The van der Waals surface area contributed by atoms with Crippen molar-refractivity contribution in [3.05, 3.63) is 82.8 Å². The van der Waals surface area contributed by atoms with Crippen LogP contribution in [-0.2, 0) is 13.1 Å². The maximum absolute atomic E-state index is 13.6. The second-order valence-corrected chi connectivity index (χ2v) is 9.10. The number of pyridine rings is 2. The largest absolute Gasteiger partial charge is 0.503 e. The summed E-state index contributed by atoms with van der Waals surface area (Å²) in [4.78, 5) is 22.5. The normalized spacial score (nSPS) is 11.4. The number of carbonyl (C=O) groups is 1. The fourth-order valence-corrected chi connectivity index (χ4v) is 4.14. The highest BCUT2D eigenvalue weighted by Crippen LogP contribution is 2.36. The summed E-state index contributed by atoms with van der Waals surface area (Å²) in [6, 6.07) is 10.5. The standard InChI is InChI=1S/C27H28F2N4O3/c1-15(2)24-23(26(35)31-13-17-8-9-20(28)21(29)11-17)19-12-22(34)27(36-16(3)4)32-25(19)33(24)14-18-7-5-6-10-30-18/h5-12,15-16,34H,13-14H2,1-4H3,(H,31,35). The molecule has 3 aromatic heterocycles. The molecule has 0 saturated heterocycles. The maximum atomic E-state index is 13.6. The average molecular weight is 495 g/mol. The molecule has 2 N–H and O–H groups in total. The topological polar surface area (TPSA) is 89.3 Å². The van der Waals surface area contributed by atoms with Gasteiger partial charge in [0.1, 0.15) is 5.65 Å². The second kappa shape index (κ2) is 10.3. The first-order valence-electron chi connectivity index (χ1n) is 11.7. The summed E-state index contributed by atoms with van der Waals surface area (Å²) in [6.45, 7) is 7.92. The first kappa shape index (κ1) is 25.1. The van der Waals surface area contributed by atoms with Crippen LogP contribution in [-0.4, -0.2) is 31.7 Å². The zero-order valence-corrected chi connectivity index (χ0v) is 20.5. The second-order valence-electron chi connectivity index (χ2n) is 9.10. The molecule has 9 heteroatoms. The highest BCUT2D eigenvalue weighted by atomic mass is 19.2. The molecule has 0 fully saturated rings. The lowest BCUT2D eigenvalue weighted by atomic mass is 10.0. The molecule has 0 saturated carbocycles. The summed E-state index contributed by atoms with van der Waals surface area (Å²) in [7, 11) is 0. The number of nitrogens with zero attached hydrogens (tertiary/aromatic N) is 3. The predicted octanol–water partition coefficient (Wildman–Crippen LogP) is 5.30. The van der Waals surface area contributed by atoms with Gasteiger partial charge in [-0.3, -0.25) is 9.78 Å². The number of fused-ring (bicyclic) bond motifs is 1. The molecule has 1 amide bonds. The lowest BCUT2D eigenvalue weighted by Crippen LogP contribution is -2.24. The Kier molecular flexibility index (Phi) is 7.19. The summed E-state index contributed by atoms with van der Waals surface area (Å²) >= 11 is 0. The molecule has 0 aliphatic rings. The van der Waals surface area contributed by atoms with Crippen molar-refractivity contribution in [3.8, 4) is 11.6 Å². The van der Waals surface area contributed by atoms with Gasteiger partial charge in [-0.05, 0) is 55.7 Å². The molecule has 0 atom stereocenters. The molecule has 1 aromatic carbocycles. The van der Waals surface area contributed by atoms with E-state index in [1.54, 1.807) is 6.20 Å². The predicted molar refractivity (Wildman–Crippen MR) is 132 cm³/mol. The molecule has 36 heavy (non-hydrogen) atoms. The molecular formula is C27H28F2N4O3. The van der Waals surface area contributed by atoms with Crippen LogP contribution >= 0.6 is 0 Å². The van der Waals surface area contributed by atoms with E-state index in [1.165, 1.54) is 12.1 Å². The first-order chi connectivity index (χ1) is 17.2. The van der Waals surface area contributed by atoms with E-state index < -0.39 is 17.5 Å². The van der Waals surface area contributed by atoms with Crippen LogP contribution in [0.4, 0.5) is 8.78 Å². The van der Waals surface area contributed by atoms with Crippen molar-refractivity contribution in [1.29, 1.82) is 0 Å². The zero-order valence-electron chi connectivity index (χ0n) is 20.5. The molecule has 0 bridgehead atoms. The van der Waals surface area contributed by atoms with E-state index in [0.717, 1.165) is 17.8 Å². The molecule has 0 unspecified atom stereocenters. The number of nitrogens with one attached hydrogen (secondary N) is 1. The van der Waals surface area contributed by atoms with E-state index in [1.807, 2.05) is 50.5 Å². The molecule has 4 rings (SSSR count). The van der Waals surface area contributed by atoms with Gasteiger partial charge in [-0.2, -0.15) is 4.98 Å². The minimum Gasteiger partial charge on any atom is -0.503 e. The number of rotatable bonds is 8. The van der Waals surface area contributed by atoms with Gasteiger partial charge in [-0.25, -0.2) is 8.78 Å². The third-order valence-electron chi connectivity index (χ3n) is 5.63. The fraction of sp³-hybridized carbons (Fsp3) is 0.296. The number of hydrogen-bond acceptors (Lipinski definition) is 5. The molecule has 188 valence electrons. The van der Waals surface area contributed by atoms with E-state index in [4.69, 9.17) is 4.74 Å². The molecule has 0 aliphatic carbocycles. The van der Waals surface area contributed by atoms with Crippen LogP contribution in [0.3, 0.4) is 0 Å². The number of halogens is 2. The Morgan fingerprint density at radius 3 is 2.53 bits per heavy atom. The summed E-state index contributed by atoms with van der Waals surface area (Å²) in [5.41, 5.74) is 2.70. The Morgan fingerprint density at radius 1 is 1.11 bits per heavy atom. The van der Waals surface area contributed by atoms with E-state index in [9.17, 15) is 18.7 Å². The van der Waals surface area contributed by atoms with Crippen LogP contribution < -0.4 is 10.1 Å². The average Bonchev–Trinajstić information content (AvgIpc) is 3.13. The SMILES string of the molecule is CC(C)Oc1nc2c(cc1O)c(C(=O)NCc1ccc(F)c(F)c1)c(C(C)C)n2Cc1ccccn1. The minimum atomic E-state index is -0.983. The van der Waals surface area contributed by atoms with Crippen molar-refractivity contribution in [2.75, 3.05) is 0 Å². The quantitative estimate of drug-likeness (QED) is 0.347. The molecule has 0 aliphatic heterocycles. The van der Waals surface area contributed by atoms with E-state index >= 15 is 0 Å².